The summed E-state index contributed by atoms with van der Waals surface area (Å²) >= 11 is 0. The van der Waals surface area contributed by atoms with E-state index < -0.39 is 24.1 Å². The van der Waals surface area contributed by atoms with E-state index in [-0.39, 0.29) is 0 Å². The summed E-state index contributed by atoms with van der Waals surface area (Å²) in [6.07, 6.45) is 2.16. The summed E-state index contributed by atoms with van der Waals surface area (Å²) in [6, 6.07) is 0.960. The Morgan fingerprint density at radius 1 is 1.69 bits per heavy atom. The number of rotatable bonds is 4. The summed E-state index contributed by atoms with van der Waals surface area (Å²) in [5.41, 5.74) is 0. The molecule has 0 aromatic heterocycles. The highest BCUT2D eigenvalue weighted by molar-refractivity contribution is 6.83. The molecule has 13 heavy (non-hydrogen) atoms. The maximum Gasteiger partial charge on any atom is 0.533 e. The van der Waals surface area contributed by atoms with Crippen LogP contribution in [0.4, 0.5) is 0 Å². The Morgan fingerprint density at radius 3 is 2.77 bits per heavy atom. The predicted octanol–water partition coefficient (Wildman–Crippen LogP) is 0.962. The van der Waals surface area contributed by atoms with Crippen molar-refractivity contribution in [2.75, 3.05) is 0 Å². The third-order valence-electron chi connectivity index (χ3n) is 1.77. The van der Waals surface area contributed by atoms with Gasteiger partial charge in [0.15, 0.2) is 0 Å². The molecule has 0 atom stereocenters. The topological polar surface area (TPSA) is 44.8 Å². The molecular weight excluding hydrogens is 204 g/mol. The summed E-state index contributed by atoms with van der Waals surface area (Å²) in [7, 11) is -3.98. The van der Waals surface area contributed by atoms with E-state index in [1.165, 1.54) is 0 Å². The van der Waals surface area contributed by atoms with Gasteiger partial charge in [-0.3, -0.25) is 0 Å². The zero-order valence-corrected chi connectivity index (χ0v) is 10.1. The normalized spacial score (nSPS) is 32.0. The Kier molecular flexibility index (Phi) is 3.42. The molecule has 6 heteroatoms. The highest BCUT2D eigenvalue weighted by Crippen LogP contribution is 2.27. The zero-order chi connectivity index (χ0) is 9.90. The van der Waals surface area contributed by atoms with Gasteiger partial charge in [-0.15, -0.1) is 0 Å². The van der Waals surface area contributed by atoms with Crippen LogP contribution >= 0.6 is 0 Å². The molecule has 74 valence electrons. The van der Waals surface area contributed by atoms with Crippen LogP contribution in [-0.4, -0.2) is 24.1 Å². The molecule has 0 aromatic carbocycles. The van der Waals surface area contributed by atoms with E-state index in [1.807, 2.05) is 6.55 Å². The Bertz CT molecular complexity index is 213. The molecule has 1 aliphatic heterocycles. The zero-order valence-electron chi connectivity index (χ0n) is 7.91. The third-order valence-corrected chi connectivity index (χ3v) is 9.14. The first-order chi connectivity index (χ1) is 6.09. The molecule has 0 spiro atoms. The van der Waals surface area contributed by atoms with Crippen LogP contribution in [0.25, 0.3) is 0 Å². The minimum Gasteiger partial charge on any atom is -0.473 e. The maximum absolute atomic E-state index is 10.7. The van der Waals surface area contributed by atoms with Crippen molar-refractivity contribution in [2.24, 2.45) is 0 Å². The van der Waals surface area contributed by atoms with Crippen molar-refractivity contribution in [2.45, 2.75) is 25.9 Å². The van der Waals surface area contributed by atoms with Crippen molar-refractivity contribution in [3.63, 3.8) is 0 Å². The fourth-order valence-corrected chi connectivity index (χ4v) is 7.03. The smallest absolute Gasteiger partial charge is 0.473 e. The van der Waals surface area contributed by atoms with Crippen LogP contribution < -0.4 is 0 Å². The molecule has 1 saturated heterocycles. The van der Waals surface area contributed by atoms with Gasteiger partial charge in [0.05, 0.1) is 0 Å². The quantitative estimate of drug-likeness (QED) is 0.521. The first kappa shape index (κ1) is 10.6. The molecule has 4 nitrogen and oxygen atoms in total. The van der Waals surface area contributed by atoms with E-state index in [9.17, 15) is 4.79 Å². The second kappa shape index (κ2) is 4.18. The Hall–Kier alpha value is -0.436. The predicted molar refractivity (Wildman–Crippen MR) is 52.3 cm³/mol. The molecule has 0 bridgehead atoms. The van der Waals surface area contributed by atoms with Gasteiger partial charge in [-0.2, -0.15) is 0 Å². The molecule has 1 aliphatic rings. The molecule has 0 aromatic rings. The van der Waals surface area contributed by atoms with Crippen molar-refractivity contribution in [3.8, 4) is 0 Å². The number of carbonyl (C=O) groups excluding carboxylic acids is 1. The highest BCUT2D eigenvalue weighted by atomic mass is 28.5. The summed E-state index contributed by atoms with van der Waals surface area (Å²) < 4.78 is 15.9. The minimum absolute atomic E-state index is 0.454. The number of hydrogen-bond acceptors (Lipinski definition) is 4. The van der Waals surface area contributed by atoms with E-state index in [4.69, 9.17) is 12.7 Å². The monoisotopic (exact) mass is 218 g/mol. The molecule has 1 rings (SSSR count). The first-order valence-electron chi connectivity index (χ1n) is 4.28. The van der Waals surface area contributed by atoms with Crippen molar-refractivity contribution in [3.05, 3.63) is 12.7 Å². The van der Waals surface area contributed by atoms with Crippen molar-refractivity contribution >= 4 is 24.1 Å². The fourth-order valence-electron chi connectivity index (χ4n) is 1.18. The fraction of sp³-hybridized carbons (Fsp3) is 0.571. The maximum atomic E-state index is 10.7. The van der Waals surface area contributed by atoms with Gasteiger partial charge in [0.2, 0.25) is 0 Å². The van der Waals surface area contributed by atoms with Crippen LogP contribution in [0.1, 0.15) is 13.3 Å². The van der Waals surface area contributed by atoms with Gasteiger partial charge in [0, 0.05) is 6.08 Å². The standard InChI is InChI=1S/C7H14O4Si2/c1-4-6-13(3)10-12(11-13)9-7(8)5-2/h5,12H,2,4,6H2,1,3H3. The average molecular weight is 218 g/mol. The van der Waals surface area contributed by atoms with Gasteiger partial charge < -0.3 is 12.7 Å². The van der Waals surface area contributed by atoms with Crippen LogP contribution in [0.5, 0.6) is 0 Å². The summed E-state index contributed by atoms with van der Waals surface area (Å²) in [4.78, 5) is 10.7. The van der Waals surface area contributed by atoms with Crippen molar-refractivity contribution in [1.82, 2.24) is 0 Å². The van der Waals surface area contributed by atoms with E-state index in [0.717, 1.165) is 18.5 Å². The van der Waals surface area contributed by atoms with Gasteiger partial charge in [-0.1, -0.05) is 19.9 Å². The molecule has 1 heterocycles. The minimum atomic E-state index is -2.09. The van der Waals surface area contributed by atoms with Crippen LogP contribution in [0, 0.1) is 0 Å². The van der Waals surface area contributed by atoms with Gasteiger partial charge in [0.1, 0.15) is 0 Å². The van der Waals surface area contributed by atoms with E-state index in [0.29, 0.717) is 0 Å². The lowest BCUT2D eigenvalue weighted by Gasteiger charge is -2.40. The Morgan fingerprint density at radius 2 is 2.31 bits per heavy atom. The summed E-state index contributed by atoms with van der Waals surface area (Å²) in [6.45, 7) is 7.36. The van der Waals surface area contributed by atoms with E-state index in [2.05, 4.69) is 13.5 Å². The van der Waals surface area contributed by atoms with Gasteiger partial charge in [-0.05, 0) is 12.6 Å². The van der Waals surface area contributed by atoms with Gasteiger partial charge >= 0.3 is 24.1 Å². The summed E-state index contributed by atoms with van der Waals surface area (Å²) in [5, 5.41) is 0. The van der Waals surface area contributed by atoms with Gasteiger partial charge in [0.25, 0.3) is 0 Å². The Balaban J connectivity index is 2.24. The van der Waals surface area contributed by atoms with Crippen LogP contribution in [0.2, 0.25) is 12.6 Å². The second-order valence-corrected chi connectivity index (χ2v) is 8.52. The lowest BCUT2D eigenvalue weighted by molar-refractivity contribution is -0.132. The van der Waals surface area contributed by atoms with E-state index >= 15 is 0 Å². The molecule has 0 saturated carbocycles. The molecule has 0 amide bonds. The lowest BCUT2D eigenvalue weighted by atomic mass is 10.6. The highest BCUT2D eigenvalue weighted by Gasteiger charge is 2.49. The first-order valence-corrected chi connectivity index (χ1v) is 8.22. The molecule has 1 fully saturated rings. The molecule has 0 radical (unpaired) electrons. The van der Waals surface area contributed by atoms with Crippen LogP contribution in [0.15, 0.2) is 12.7 Å². The summed E-state index contributed by atoms with van der Waals surface area (Å²) in [5.74, 6) is -0.454. The SMILES string of the molecule is C=CC(=O)O[SiH]1O[Si](C)(CCC)O1. The van der Waals surface area contributed by atoms with Crippen molar-refractivity contribution < 1.29 is 17.5 Å². The molecule has 0 aliphatic carbocycles. The molecule has 0 N–H and O–H groups in total. The third kappa shape index (κ3) is 2.76. The van der Waals surface area contributed by atoms with Crippen LogP contribution in [-0.2, 0) is 17.5 Å². The molecular formula is C7H14O4Si2. The number of carbonyl (C=O) groups is 1. The largest absolute Gasteiger partial charge is 0.533 e. The van der Waals surface area contributed by atoms with Crippen molar-refractivity contribution in [1.29, 1.82) is 0 Å². The Labute approximate surface area is 80.7 Å². The van der Waals surface area contributed by atoms with Crippen LogP contribution in [0.3, 0.4) is 0 Å². The second-order valence-electron chi connectivity index (χ2n) is 3.05. The van der Waals surface area contributed by atoms with Gasteiger partial charge in [-0.25, -0.2) is 4.79 Å². The van der Waals surface area contributed by atoms with E-state index in [1.54, 1.807) is 0 Å². The molecule has 0 unspecified atom stereocenters. The average Bonchev–Trinajstić information content (AvgIpc) is 2.02. The number of hydrogen-bond donors (Lipinski definition) is 0. The lowest BCUT2D eigenvalue weighted by Crippen LogP contribution is -2.61.